The summed E-state index contributed by atoms with van der Waals surface area (Å²) in [6.07, 6.45) is 2.10. The van der Waals surface area contributed by atoms with Gasteiger partial charge in [0.2, 0.25) is 0 Å². The van der Waals surface area contributed by atoms with Gasteiger partial charge in [-0.15, -0.1) is 22.9 Å². The second-order valence-corrected chi connectivity index (χ2v) is 5.36. The molecular formula is C12H20ClNOS. The summed E-state index contributed by atoms with van der Waals surface area (Å²) in [5, 5.41) is 3.22. The minimum Gasteiger partial charge on any atom is -0.371 e. The maximum absolute atomic E-state index is 5.73. The van der Waals surface area contributed by atoms with Crippen molar-refractivity contribution in [2.24, 2.45) is 5.92 Å². The Morgan fingerprint density at radius 3 is 2.81 bits per heavy atom. The Hall–Kier alpha value is -0.120. The Morgan fingerprint density at radius 1 is 1.50 bits per heavy atom. The first-order valence-corrected chi connectivity index (χ1v) is 7.22. The van der Waals surface area contributed by atoms with Crippen LogP contribution in [0.25, 0.3) is 0 Å². The molecule has 16 heavy (non-hydrogen) atoms. The van der Waals surface area contributed by atoms with Crippen LogP contribution in [0, 0.1) is 5.92 Å². The van der Waals surface area contributed by atoms with Crippen LogP contribution in [-0.2, 0) is 11.2 Å². The number of alkyl halides is 1. The van der Waals surface area contributed by atoms with Crippen LogP contribution < -0.4 is 0 Å². The molecule has 1 rings (SSSR count). The molecule has 0 amide bonds. The lowest BCUT2D eigenvalue weighted by atomic mass is 10.1. The van der Waals surface area contributed by atoms with Crippen LogP contribution in [0.15, 0.2) is 5.38 Å². The average Bonchev–Trinajstić information content (AvgIpc) is 2.70. The normalized spacial score (nSPS) is 13.3. The third kappa shape index (κ3) is 4.04. The van der Waals surface area contributed by atoms with E-state index in [1.165, 1.54) is 0 Å². The van der Waals surface area contributed by atoms with Crippen molar-refractivity contribution < 1.29 is 4.74 Å². The first-order chi connectivity index (χ1) is 7.69. The number of ether oxygens (including phenoxy) is 1. The summed E-state index contributed by atoms with van der Waals surface area (Å²) < 4.78 is 5.73. The number of nitrogens with zero attached hydrogens (tertiary/aromatic N) is 1. The van der Waals surface area contributed by atoms with E-state index in [4.69, 9.17) is 16.3 Å². The van der Waals surface area contributed by atoms with Gasteiger partial charge in [-0.25, -0.2) is 4.98 Å². The van der Waals surface area contributed by atoms with Gasteiger partial charge in [-0.2, -0.15) is 0 Å². The van der Waals surface area contributed by atoms with Crippen molar-refractivity contribution in [2.45, 2.75) is 39.7 Å². The lowest BCUT2D eigenvalue weighted by Crippen LogP contribution is -2.11. The number of thiazole rings is 1. The molecule has 0 aliphatic carbocycles. The Bertz CT molecular complexity index is 301. The quantitative estimate of drug-likeness (QED) is 0.691. The maximum Gasteiger partial charge on any atom is 0.122 e. The molecule has 0 aliphatic heterocycles. The molecule has 0 spiro atoms. The van der Waals surface area contributed by atoms with Crippen molar-refractivity contribution in [3.8, 4) is 0 Å². The summed E-state index contributed by atoms with van der Waals surface area (Å²) in [6, 6.07) is 0. The molecule has 0 fully saturated rings. The van der Waals surface area contributed by atoms with Crippen molar-refractivity contribution in [2.75, 3.05) is 12.5 Å². The lowest BCUT2D eigenvalue weighted by molar-refractivity contribution is 0.0292. The molecule has 0 saturated carbocycles. The topological polar surface area (TPSA) is 22.1 Å². The van der Waals surface area contributed by atoms with E-state index in [1.54, 1.807) is 11.3 Å². The Labute approximate surface area is 107 Å². The predicted octanol–water partition coefficient (Wildman–Crippen LogP) is 4.05. The van der Waals surface area contributed by atoms with Gasteiger partial charge in [-0.1, -0.05) is 13.8 Å². The highest BCUT2D eigenvalue weighted by Gasteiger charge is 2.19. The number of aryl methyl sites for hydroxylation is 1. The first-order valence-electron chi connectivity index (χ1n) is 5.80. The fraction of sp³-hybridized carbons (Fsp3) is 0.750. The largest absolute Gasteiger partial charge is 0.371 e. The van der Waals surface area contributed by atoms with Crippen LogP contribution in [0.5, 0.6) is 0 Å². The van der Waals surface area contributed by atoms with Crippen molar-refractivity contribution in [3.63, 3.8) is 0 Å². The van der Waals surface area contributed by atoms with E-state index in [1.807, 2.05) is 6.92 Å². The lowest BCUT2D eigenvalue weighted by Gasteiger charge is -2.18. The number of halogens is 1. The van der Waals surface area contributed by atoms with Gasteiger partial charge >= 0.3 is 0 Å². The molecule has 1 aromatic rings. The van der Waals surface area contributed by atoms with Crippen molar-refractivity contribution in [3.05, 3.63) is 16.1 Å². The minimum atomic E-state index is 0.139. The molecule has 0 bridgehead atoms. The summed E-state index contributed by atoms with van der Waals surface area (Å²) in [6.45, 7) is 7.09. The van der Waals surface area contributed by atoms with Crippen LogP contribution in [0.1, 0.15) is 44.0 Å². The van der Waals surface area contributed by atoms with Gasteiger partial charge in [-0.05, 0) is 25.7 Å². The molecule has 0 radical (unpaired) electrons. The first kappa shape index (κ1) is 13.9. The fourth-order valence-corrected chi connectivity index (χ4v) is 2.75. The van der Waals surface area contributed by atoms with Gasteiger partial charge in [0.1, 0.15) is 11.1 Å². The third-order valence-corrected chi connectivity index (χ3v) is 3.55. The Morgan fingerprint density at radius 2 is 2.25 bits per heavy atom. The molecule has 0 N–H and O–H groups in total. The van der Waals surface area contributed by atoms with Crippen LogP contribution >= 0.6 is 22.9 Å². The summed E-state index contributed by atoms with van der Waals surface area (Å²) in [4.78, 5) is 4.62. The van der Waals surface area contributed by atoms with E-state index < -0.39 is 0 Å². The smallest absolute Gasteiger partial charge is 0.122 e. The van der Waals surface area contributed by atoms with Crippen LogP contribution in [0.2, 0.25) is 0 Å². The molecule has 2 nitrogen and oxygen atoms in total. The number of rotatable bonds is 7. The molecule has 0 aromatic carbocycles. The number of aromatic nitrogens is 1. The van der Waals surface area contributed by atoms with E-state index >= 15 is 0 Å². The second-order valence-electron chi connectivity index (χ2n) is 4.09. The van der Waals surface area contributed by atoms with Crippen molar-refractivity contribution in [1.29, 1.82) is 0 Å². The van der Waals surface area contributed by atoms with E-state index in [2.05, 4.69) is 24.2 Å². The molecular weight excluding hydrogens is 242 g/mol. The Kier molecular flexibility index (Phi) is 6.32. The monoisotopic (exact) mass is 261 g/mol. The summed E-state index contributed by atoms with van der Waals surface area (Å²) >= 11 is 7.37. The minimum absolute atomic E-state index is 0.139. The van der Waals surface area contributed by atoms with Crippen LogP contribution in [-0.4, -0.2) is 17.5 Å². The summed E-state index contributed by atoms with van der Waals surface area (Å²) in [5.41, 5.74) is 1.14. The van der Waals surface area contributed by atoms with E-state index in [9.17, 15) is 0 Å². The highest BCUT2D eigenvalue weighted by molar-refractivity contribution is 7.09. The second kappa shape index (κ2) is 7.25. The fourth-order valence-electron chi connectivity index (χ4n) is 1.54. The van der Waals surface area contributed by atoms with Crippen LogP contribution in [0.4, 0.5) is 0 Å². The highest BCUT2D eigenvalue weighted by Crippen LogP contribution is 2.28. The van der Waals surface area contributed by atoms with Gasteiger partial charge in [0.15, 0.2) is 0 Å². The molecule has 92 valence electrons. The molecule has 1 heterocycles. The van der Waals surface area contributed by atoms with Gasteiger partial charge in [-0.3, -0.25) is 0 Å². The van der Waals surface area contributed by atoms with Gasteiger partial charge in [0.25, 0.3) is 0 Å². The van der Waals surface area contributed by atoms with Crippen LogP contribution in [0.3, 0.4) is 0 Å². The van der Waals surface area contributed by atoms with E-state index in [0.717, 1.165) is 30.2 Å². The van der Waals surface area contributed by atoms with Gasteiger partial charge in [0, 0.05) is 17.9 Å². The number of hydrogen-bond acceptors (Lipinski definition) is 3. The molecule has 1 atom stereocenters. The zero-order chi connectivity index (χ0) is 12.0. The third-order valence-electron chi connectivity index (χ3n) is 2.33. The van der Waals surface area contributed by atoms with Gasteiger partial charge < -0.3 is 4.74 Å². The maximum atomic E-state index is 5.73. The molecule has 4 heteroatoms. The average molecular weight is 262 g/mol. The molecule has 0 aliphatic rings. The van der Waals surface area contributed by atoms with Crippen molar-refractivity contribution >= 4 is 22.9 Å². The summed E-state index contributed by atoms with van der Waals surface area (Å²) in [5.74, 6) is 1.17. The zero-order valence-corrected chi connectivity index (χ0v) is 11.8. The number of hydrogen-bond donors (Lipinski definition) is 0. The van der Waals surface area contributed by atoms with Crippen molar-refractivity contribution in [1.82, 2.24) is 4.98 Å². The van der Waals surface area contributed by atoms with Gasteiger partial charge in [0.05, 0.1) is 5.69 Å². The Balaban J connectivity index is 2.65. The molecule has 0 saturated heterocycles. The standard InChI is InChI=1S/C12H20ClNOS/c1-4-15-11(9(2)3)12-14-10(8-16-12)6-5-7-13/h8-9,11H,4-7H2,1-3H3. The SMILES string of the molecule is CCOC(c1nc(CCCCl)cs1)C(C)C. The van der Waals surface area contributed by atoms with E-state index in [-0.39, 0.29) is 6.10 Å². The highest BCUT2D eigenvalue weighted by atomic mass is 35.5. The summed E-state index contributed by atoms with van der Waals surface area (Å²) in [7, 11) is 0. The predicted molar refractivity (Wildman–Crippen MR) is 70.4 cm³/mol. The van der Waals surface area contributed by atoms with E-state index in [0.29, 0.717) is 11.8 Å². The molecule has 1 aromatic heterocycles. The zero-order valence-electron chi connectivity index (χ0n) is 10.2. The molecule has 1 unspecified atom stereocenters.